The average Bonchev–Trinajstić information content (AvgIpc) is 2.92. The molecule has 0 spiro atoms. The number of aldehydes is 1. The van der Waals surface area contributed by atoms with E-state index in [1.54, 1.807) is 11.3 Å². The van der Waals surface area contributed by atoms with E-state index in [4.69, 9.17) is 0 Å². The summed E-state index contributed by atoms with van der Waals surface area (Å²) in [5, 5.41) is 4.08. The van der Waals surface area contributed by atoms with Crippen LogP contribution in [0.25, 0.3) is 0 Å². The summed E-state index contributed by atoms with van der Waals surface area (Å²) in [4.78, 5) is 12.5. The van der Waals surface area contributed by atoms with Gasteiger partial charge in [0, 0.05) is 19.0 Å². The lowest BCUT2D eigenvalue weighted by Gasteiger charge is -2.10. The highest BCUT2D eigenvalue weighted by Crippen LogP contribution is 2.12. The number of carbonyl (C=O) groups excluding carboxylic acids is 1. The van der Waals surface area contributed by atoms with E-state index in [1.807, 2.05) is 29.0 Å². The van der Waals surface area contributed by atoms with Gasteiger partial charge in [-0.2, -0.15) is 11.3 Å². The maximum absolute atomic E-state index is 10.3. The Balaban J connectivity index is 0.000000187. The molecule has 1 aromatic heterocycles. The van der Waals surface area contributed by atoms with E-state index in [0.717, 1.165) is 32.3 Å². The Labute approximate surface area is 95.2 Å². The Bertz CT molecular complexity index is 254. The summed E-state index contributed by atoms with van der Waals surface area (Å²) in [6.45, 7) is 6.54. The molecule has 1 saturated heterocycles. The third kappa shape index (κ3) is 4.91. The fraction of sp³-hybridized carbons (Fsp3) is 0.417. The minimum absolute atomic E-state index is 0.278. The number of hydrogen-bond acceptors (Lipinski definition) is 3. The number of rotatable bonds is 3. The van der Waals surface area contributed by atoms with Crippen LogP contribution >= 0.6 is 11.3 Å². The van der Waals surface area contributed by atoms with Crippen LogP contribution in [0.1, 0.15) is 6.42 Å². The molecule has 0 aromatic carbocycles. The molecule has 1 atom stereocenters. The van der Waals surface area contributed by atoms with Gasteiger partial charge in [-0.3, -0.25) is 4.90 Å². The Morgan fingerprint density at radius 3 is 2.60 bits per heavy atom. The van der Waals surface area contributed by atoms with Crippen LogP contribution < -0.4 is 0 Å². The third-order valence-electron chi connectivity index (χ3n) is 2.31. The monoisotopic (exact) mass is 223 g/mol. The van der Waals surface area contributed by atoms with Crippen LogP contribution in [0.4, 0.5) is 0 Å². The second kappa shape index (κ2) is 7.37. The van der Waals surface area contributed by atoms with Gasteiger partial charge in [0.15, 0.2) is 0 Å². The summed E-state index contributed by atoms with van der Waals surface area (Å²) in [5.74, 6) is 0.278. The molecule has 1 aliphatic heterocycles. The second-order valence-corrected chi connectivity index (χ2v) is 4.34. The predicted molar refractivity (Wildman–Crippen MR) is 65.1 cm³/mol. The number of likely N-dealkylation sites (tertiary alicyclic amines) is 1. The van der Waals surface area contributed by atoms with Crippen molar-refractivity contribution >= 4 is 17.6 Å². The zero-order valence-electron chi connectivity index (χ0n) is 8.84. The molecule has 0 radical (unpaired) electrons. The summed E-state index contributed by atoms with van der Waals surface area (Å²) < 4.78 is 0. The predicted octanol–water partition coefficient (Wildman–Crippen LogP) is 2.44. The minimum atomic E-state index is 0.278. The lowest BCUT2D eigenvalue weighted by Crippen LogP contribution is -2.20. The molecule has 0 unspecified atom stereocenters. The molecule has 2 nitrogen and oxygen atoms in total. The van der Waals surface area contributed by atoms with Crippen LogP contribution in [0.5, 0.6) is 0 Å². The largest absolute Gasteiger partial charge is 0.303 e. The van der Waals surface area contributed by atoms with E-state index < -0.39 is 0 Å². The van der Waals surface area contributed by atoms with Crippen LogP contribution in [0.2, 0.25) is 0 Å². The molecule has 0 amide bonds. The van der Waals surface area contributed by atoms with Crippen molar-refractivity contribution in [1.82, 2.24) is 4.90 Å². The zero-order valence-corrected chi connectivity index (χ0v) is 9.66. The van der Waals surface area contributed by atoms with Gasteiger partial charge in [-0.25, -0.2) is 0 Å². The first-order valence-electron chi connectivity index (χ1n) is 5.12. The van der Waals surface area contributed by atoms with Gasteiger partial charge in [0.25, 0.3) is 0 Å². The number of nitrogens with zero attached hydrogens (tertiary/aromatic N) is 1. The van der Waals surface area contributed by atoms with Crippen LogP contribution in [0, 0.1) is 5.92 Å². The van der Waals surface area contributed by atoms with Crippen molar-refractivity contribution in [2.75, 3.05) is 19.6 Å². The summed E-state index contributed by atoms with van der Waals surface area (Å²) in [6, 6.07) is 4.04. The van der Waals surface area contributed by atoms with E-state index in [0.29, 0.717) is 0 Å². The first kappa shape index (κ1) is 12.1. The van der Waals surface area contributed by atoms with Gasteiger partial charge in [-0.15, -0.1) is 6.58 Å². The standard InChI is InChI=1S/C8H13NO.C4H4S/c1-2-4-9-5-3-8(6-9)7-10;1-2-4-5-3-1/h2,7-8H,1,3-6H2;1-4H/t8-;/m0./s1. The first-order chi connectivity index (χ1) is 7.36. The molecule has 82 valence electrons. The number of thiophene rings is 1. The molecular weight excluding hydrogens is 206 g/mol. The fourth-order valence-corrected chi connectivity index (χ4v) is 2.00. The normalized spacial score (nSPS) is 20.4. The maximum atomic E-state index is 10.3. The number of hydrogen-bond donors (Lipinski definition) is 0. The van der Waals surface area contributed by atoms with E-state index >= 15 is 0 Å². The molecule has 2 heterocycles. The van der Waals surface area contributed by atoms with Crippen LogP contribution in [-0.2, 0) is 4.79 Å². The van der Waals surface area contributed by atoms with Gasteiger partial charge >= 0.3 is 0 Å². The van der Waals surface area contributed by atoms with Crippen LogP contribution in [0.3, 0.4) is 0 Å². The van der Waals surface area contributed by atoms with Gasteiger partial charge in [-0.05, 0) is 23.7 Å². The smallest absolute Gasteiger partial charge is 0.124 e. The summed E-state index contributed by atoms with van der Waals surface area (Å²) >= 11 is 1.71. The Morgan fingerprint density at radius 1 is 1.47 bits per heavy atom. The van der Waals surface area contributed by atoms with Gasteiger partial charge in [0.2, 0.25) is 0 Å². The van der Waals surface area contributed by atoms with Gasteiger partial charge in [-0.1, -0.05) is 18.2 Å². The van der Waals surface area contributed by atoms with Crippen molar-refractivity contribution in [3.05, 3.63) is 35.5 Å². The minimum Gasteiger partial charge on any atom is -0.303 e. The van der Waals surface area contributed by atoms with Gasteiger partial charge < -0.3 is 4.79 Å². The molecule has 15 heavy (non-hydrogen) atoms. The molecule has 1 aliphatic rings. The Kier molecular flexibility index (Phi) is 5.97. The van der Waals surface area contributed by atoms with Crippen molar-refractivity contribution in [3.8, 4) is 0 Å². The Morgan fingerprint density at radius 2 is 2.20 bits per heavy atom. The second-order valence-electron chi connectivity index (χ2n) is 3.53. The van der Waals surface area contributed by atoms with Crippen molar-refractivity contribution in [1.29, 1.82) is 0 Å². The number of carbonyl (C=O) groups is 1. The highest BCUT2D eigenvalue weighted by Gasteiger charge is 2.19. The molecule has 0 N–H and O–H groups in total. The lowest BCUT2D eigenvalue weighted by atomic mass is 10.1. The van der Waals surface area contributed by atoms with E-state index in [2.05, 4.69) is 11.5 Å². The van der Waals surface area contributed by atoms with Crippen molar-refractivity contribution in [2.24, 2.45) is 5.92 Å². The molecule has 1 aromatic rings. The SMILES string of the molecule is C=CCN1CC[C@H](C=O)C1.c1ccsc1. The topological polar surface area (TPSA) is 20.3 Å². The fourth-order valence-electron chi connectivity index (χ4n) is 1.55. The van der Waals surface area contributed by atoms with Crippen LogP contribution in [-0.4, -0.2) is 30.8 Å². The molecule has 2 rings (SSSR count). The maximum Gasteiger partial charge on any atom is 0.124 e. The van der Waals surface area contributed by atoms with Crippen molar-refractivity contribution in [2.45, 2.75) is 6.42 Å². The van der Waals surface area contributed by atoms with Crippen molar-refractivity contribution in [3.63, 3.8) is 0 Å². The first-order valence-corrected chi connectivity index (χ1v) is 6.06. The van der Waals surface area contributed by atoms with Gasteiger partial charge in [0.05, 0.1) is 0 Å². The van der Waals surface area contributed by atoms with E-state index in [9.17, 15) is 4.79 Å². The quantitative estimate of drug-likeness (QED) is 0.579. The third-order valence-corrected chi connectivity index (χ3v) is 2.94. The highest BCUT2D eigenvalue weighted by molar-refractivity contribution is 7.07. The molecule has 3 heteroatoms. The van der Waals surface area contributed by atoms with Crippen molar-refractivity contribution < 1.29 is 4.79 Å². The lowest BCUT2D eigenvalue weighted by molar-refractivity contribution is -0.110. The average molecular weight is 223 g/mol. The van der Waals surface area contributed by atoms with E-state index in [1.165, 1.54) is 0 Å². The summed E-state index contributed by atoms with van der Waals surface area (Å²) in [6.07, 6.45) is 3.97. The molecule has 1 fully saturated rings. The summed E-state index contributed by atoms with van der Waals surface area (Å²) in [7, 11) is 0. The molecule has 0 bridgehead atoms. The van der Waals surface area contributed by atoms with Crippen LogP contribution in [0.15, 0.2) is 35.5 Å². The Hall–Kier alpha value is -0.930. The zero-order chi connectivity index (χ0) is 10.9. The molecule has 0 aliphatic carbocycles. The van der Waals surface area contributed by atoms with Gasteiger partial charge in [0.1, 0.15) is 6.29 Å². The highest BCUT2D eigenvalue weighted by atomic mass is 32.1. The molecular formula is C12H17NOS. The van der Waals surface area contributed by atoms with E-state index in [-0.39, 0.29) is 5.92 Å². The molecule has 0 saturated carbocycles. The summed E-state index contributed by atoms with van der Waals surface area (Å²) in [5.41, 5.74) is 0.